The Labute approximate surface area is 296 Å². The SMILES string of the molecule is Cc1[nH]c2ccc(C(=O)N[C@H]3C[C@H]4C(=O)N[C@@H](CO)C(=O)N(C)CC(=O)N[C@@H](CC(C)C)C(=O)N[C@@H](Cc5ccccc5)C(=O)N4C3)cc2c1C. The Balaban J connectivity index is 1.49. The van der Waals surface area contributed by atoms with Gasteiger partial charge in [-0.05, 0) is 61.9 Å². The highest BCUT2D eigenvalue weighted by atomic mass is 16.3. The first-order valence-corrected chi connectivity index (χ1v) is 17.3. The number of aryl methyl sites for hydroxylation is 2. The fourth-order valence-electron chi connectivity index (χ4n) is 6.78. The molecule has 2 fully saturated rings. The third-order valence-corrected chi connectivity index (χ3v) is 9.60. The molecule has 5 rings (SSSR count). The molecule has 0 saturated carbocycles. The van der Waals surface area contributed by atoms with Crippen molar-refractivity contribution < 1.29 is 33.9 Å². The number of amides is 6. The number of nitrogens with zero attached hydrogens (tertiary/aromatic N) is 2. The Morgan fingerprint density at radius 2 is 1.63 bits per heavy atom. The van der Waals surface area contributed by atoms with Crippen LogP contribution in [0.15, 0.2) is 48.5 Å². The summed E-state index contributed by atoms with van der Waals surface area (Å²) >= 11 is 0. The normalized spacial score (nSPS) is 23.7. The molecule has 51 heavy (non-hydrogen) atoms. The van der Waals surface area contributed by atoms with Crippen LogP contribution in [0.1, 0.15) is 53.9 Å². The maximum Gasteiger partial charge on any atom is 0.251 e. The van der Waals surface area contributed by atoms with Crippen LogP contribution in [-0.2, 0) is 30.4 Å². The van der Waals surface area contributed by atoms with Crippen molar-refractivity contribution in [1.29, 1.82) is 0 Å². The average Bonchev–Trinajstić information content (AvgIpc) is 3.64. The molecule has 2 aliphatic heterocycles. The molecule has 272 valence electrons. The number of hydrogen-bond acceptors (Lipinski definition) is 7. The maximum atomic E-state index is 14.5. The first-order valence-electron chi connectivity index (χ1n) is 17.3. The number of carbonyl (C=O) groups is 6. The van der Waals surface area contributed by atoms with Crippen LogP contribution in [0, 0.1) is 19.8 Å². The summed E-state index contributed by atoms with van der Waals surface area (Å²) in [4.78, 5) is 87.7. The van der Waals surface area contributed by atoms with Crippen molar-refractivity contribution in [3.8, 4) is 0 Å². The number of aliphatic hydroxyl groups is 1. The lowest BCUT2D eigenvalue weighted by atomic mass is 10.0. The van der Waals surface area contributed by atoms with Crippen molar-refractivity contribution in [1.82, 2.24) is 36.1 Å². The van der Waals surface area contributed by atoms with Gasteiger partial charge in [-0.25, -0.2) is 0 Å². The minimum atomic E-state index is -1.41. The summed E-state index contributed by atoms with van der Waals surface area (Å²) in [5.74, 6) is -3.62. The van der Waals surface area contributed by atoms with Gasteiger partial charge in [-0.3, -0.25) is 28.8 Å². The number of H-pyrrole nitrogens is 1. The molecule has 2 aromatic carbocycles. The van der Waals surface area contributed by atoms with Crippen molar-refractivity contribution >= 4 is 46.3 Å². The quantitative estimate of drug-likeness (QED) is 0.209. The van der Waals surface area contributed by atoms with Crippen molar-refractivity contribution in [3.05, 3.63) is 70.9 Å². The van der Waals surface area contributed by atoms with Gasteiger partial charge in [0.25, 0.3) is 5.91 Å². The Morgan fingerprint density at radius 3 is 2.31 bits per heavy atom. The standard InChI is InChI=1S/C37H47N7O7/c1-20(2)13-28-34(48)41-29(14-23-9-7-6-8-10-23)37(51)44-17-25(39-33(47)24-11-12-27-26(15-24)21(3)22(4)38-27)16-31(44)35(49)42-30(19-45)36(50)43(5)18-32(46)40-28/h6-12,15,20,25,28-31,38,45H,13-14,16-19H2,1-5H3,(H,39,47)(H,40,46)(H,41,48)(H,42,49)/t25-,28-,29-,30-,31-/m0/s1. The molecule has 2 aliphatic rings. The number of aromatic nitrogens is 1. The van der Waals surface area contributed by atoms with Gasteiger partial charge in [-0.2, -0.15) is 0 Å². The van der Waals surface area contributed by atoms with E-state index in [1.807, 2.05) is 64.1 Å². The van der Waals surface area contributed by atoms with Crippen molar-refractivity contribution in [2.75, 3.05) is 26.7 Å². The molecule has 0 bridgehead atoms. The van der Waals surface area contributed by atoms with Gasteiger partial charge in [-0.1, -0.05) is 44.2 Å². The maximum absolute atomic E-state index is 14.5. The summed E-state index contributed by atoms with van der Waals surface area (Å²) in [6.07, 6.45) is 0.360. The smallest absolute Gasteiger partial charge is 0.251 e. The van der Waals surface area contributed by atoms with E-state index in [4.69, 9.17) is 0 Å². The van der Waals surface area contributed by atoms with E-state index in [1.54, 1.807) is 12.1 Å². The van der Waals surface area contributed by atoms with E-state index in [0.717, 1.165) is 32.6 Å². The van der Waals surface area contributed by atoms with E-state index >= 15 is 0 Å². The van der Waals surface area contributed by atoms with Gasteiger partial charge in [-0.15, -0.1) is 0 Å². The third kappa shape index (κ3) is 8.56. The Kier molecular flexibility index (Phi) is 11.4. The zero-order valence-electron chi connectivity index (χ0n) is 29.6. The number of nitrogens with one attached hydrogen (secondary N) is 5. The molecule has 3 aromatic rings. The summed E-state index contributed by atoms with van der Waals surface area (Å²) in [5, 5.41) is 22.1. The van der Waals surface area contributed by atoms with Crippen LogP contribution in [0.4, 0.5) is 0 Å². The highest BCUT2D eigenvalue weighted by molar-refractivity contribution is 6.00. The second kappa shape index (κ2) is 15.8. The van der Waals surface area contributed by atoms with Crippen LogP contribution in [0.2, 0.25) is 0 Å². The molecule has 6 N–H and O–H groups in total. The van der Waals surface area contributed by atoms with Gasteiger partial charge in [0.1, 0.15) is 24.2 Å². The minimum absolute atomic E-state index is 0.00964. The first kappa shape index (κ1) is 37.0. The highest BCUT2D eigenvalue weighted by Gasteiger charge is 2.44. The van der Waals surface area contributed by atoms with Gasteiger partial charge in [0.2, 0.25) is 29.5 Å². The number of carbonyl (C=O) groups excluding carboxylic acids is 6. The number of likely N-dealkylation sites (N-methyl/N-ethyl adjacent to an activating group) is 1. The number of benzene rings is 2. The molecule has 5 atom stereocenters. The number of hydrogen-bond donors (Lipinski definition) is 6. The third-order valence-electron chi connectivity index (χ3n) is 9.60. The van der Waals surface area contributed by atoms with Crippen LogP contribution >= 0.6 is 0 Å². The van der Waals surface area contributed by atoms with Gasteiger partial charge in [0.15, 0.2) is 0 Å². The summed E-state index contributed by atoms with van der Waals surface area (Å²) in [6.45, 7) is 6.45. The molecular formula is C37H47N7O7. The Bertz CT molecular complexity index is 1810. The molecule has 14 nitrogen and oxygen atoms in total. The van der Waals surface area contributed by atoms with Crippen molar-refractivity contribution in [2.24, 2.45) is 5.92 Å². The van der Waals surface area contributed by atoms with Gasteiger partial charge in [0.05, 0.1) is 13.2 Å². The average molecular weight is 702 g/mol. The van der Waals surface area contributed by atoms with Gasteiger partial charge in [0, 0.05) is 48.2 Å². The topological polar surface area (TPSA) is 193 Å². The second-order valence-electron chi connectivity index (χ2n) is 14.0. The van der Waals surface area contributed by atoms with Crippen molar-refractivity contribution in [2.45, 2.75) is 77.2 Å². The van der Waals surface area contributed by atoms with E-state index in [2.05, 4.69) is 26.3 Å². The summed E-state index contributed by atoms with van der Waals surface area (Å²) < 4.78 is 0. The van der Waals surface area contributed by atoms with E-state index in [9.17, 15) is 33.9 Å². The lowest BCUT2D eigenvalue weighted by Crippen LogP contribution is -2.58. The molecular weight excluding hydrogens is 654 g/mol. The Hall–Kier alpha value is -5.24. The second-order valence-corrected chi connectivity index (χ2v) is 14.0. The molecule has 0 unspecified atom stereocenters. The number of aliphatic hydroxyl groups excluding tert-OH is 1. The van der Waals surface area contributed by atoms with Crippen LogP contribution in [0.5, 0.6) is 0 Å². The zero-order chi connectivity index (χ0) is 37.0. The molecule has 3 heterocycles. The van der Waals surface area contributed by atoms with Crippen LogP contribution in [0.3, 0.4) is 0 Å². The highest BCUT2D eigenvalue weighted by Crippen LogP contribution is 2.25. The number of rotatable bonds is 7. The Morgan fingerprint density at radius 1 is 0.922 bits per heavy atom. The first-order chi connectivity index (χ1) is 24.2. The van der Waals surface area contributed by atoms with Crippen LogP contribution in [-0.4, -0.2) is 112 Å². The van der Waals surface area contributed by atoms with Crippen molar-refractivity contribution in [3.63, 3.8) is 0 Å². The van der Waals surface area contributed by atoms with Gasteiger partial charge >= 0.3 is 0 Å². The van der Waals surface area contributed by atoms with E-state index in [-0.39, 0.29) is 37.6 Å². The zero-order valence-corrected chi connectivity index (χ0v) is 29.6. The molecule has 0 radical (unpaired) electrons. The lowest BCUT2D eigenvalue weighted by Gasteiger charge is -2.30. The predicted octanol–water partition coefficient (Wildman–Crippen LogP) is 0.692. The molecule has 6 amide bonds. The monoisotopic (exact) mass is 701 g/mol. The largest absolute Gasteiger partial charge is 0.394 e. The summed E-state index contributed by atoms with van der Waals surface area (Å²) in [6, 6.07) is 9.03. The molecule has 0 aliphatic carbocycles. The summed E-state index contributed by atoms with van der Waals surface area (Å²) in [5.41, 5.74) is 4.08. The lowest BCUT2D eigenvalue weighted by molar-refractivity contribution is -0.143. The van der Waals surface area contributed by atoms with Crippen LogP contribution < -0.4 is 21.3 Å². The minimum Gasteiger partial charge on any atom is -0.394 e. The fraction of sp³-hybridized carbons (Fsp3) is 0.459. The predicted molar refractivity (Wildman–Crippen MR) is 189 cm³/mol. The molecule has 1 aromatic heterocycles. The molecule has 14 heteroatoms. The molecule has 2 saturated heterocycles. The van der Waals surface area contributed by atoms with E-state index in [1.165, 1.54) is 11.9 Å². The number of fused-ring (bicyclic) bond motifs is 2. The van der Waals surface area contributed by atoms with Gasteiger partial charge < -0.3 is 41.2 Å². The fourth-order valence-corrected chi connectivity index (χ4v) is 6.78. The summed E-state index contributed by atoms with van der Waals surface area (Å²) in [7, 11) is 1.35. The van der Waals surface area contributed by atoms with E-state index in [0.29, 0.717) is 5.56 Å². The van der Waals surface area contributed by atoms with Crippen LogP contribution in [0.25, 0.3) is 10.9 Å². The van der Waals surface area contributed by atoms with E-state index < -0.39 is 72.9 Å². The number of aromatic amines is 1. The molecule has 0 spiro atoms.